The predicted octanol–water partition coefficient (Wildman–Crippen LogP) is 3.42. The highest BCUT2D eigenvalue weighted by Gasteiger charge is 2.09. The Morgan fingerprint density at radius 2 is 2.06 bits per heavy atom. The maximum absolute atomic E-state index is 8.72. The number of rotatable bonds is 6. The number of hydrogen-bond donors (Lipinski definition) is 2. The van der Waals surface area contributed by atoms with E-state index in [-0.39, 0.29) is 12.6 Å². The zero-order chi connectivity index (χ0) is 12.0. The van der Waals surface area contributed by atoms with Crippen LogP contribution in [0.4, 0.5) is 0 Å². The van der Waals surface area contributed by atoms with E-state index >= 15 is 0 Å². The third-order valence-electron chi connectivity index (χ3n) is 2.48. The number of halogens is 2. The molecule has 0 aliphatic heterocycles. The summed E-state index contributed by atoms with van der Waals surface area (Å²) < 4.78 is 0. The van der Waals surface area contributed by atoms with Crippen LogP contribution in [0.15, 0.2) is 18.2 Å². The van der Waals surface area contributed by atoms with Gasteiger partial charge in [0, 0.05) is 12.6 Å². The molecule has 0 radical (unpaired) electrons. The summed E-state index contributed by atoms with van der Waals surface area (Å²) in [5.74, 6) is 0. The van der Waals surface area contributed by atoms with Gasteiger partial charge in [0.05, 0.1) is 10.0 Å². The van der Waals surface area contributed by atoms with Crippen molar-refractivity contribution in [3.8, 4) is 0 Å². The Labute approximate surface area is 107 Å². The van der Waals surface area contributed by atoms with E-state index in [2.05, 4.69) is 12.2 Å². The van der Waals surface area contributed by atoms with Crippen LogP contribution < -0.4 is 5.32 Å². The van der Waals surface area contributed by atoms with Crippen molar-refractivity contribution >= 4 is 23.2 Å². The molecule has 0 saturated heterocycles. The molecule has 1 unspecified atom stereocenters. The van der Waals surface area contributed by atoms with Crippen LogP contribution in [0, 0.1) is 0 Å². The quantitative estimate of drug-likeness (QED) is 0.770. The van der Waals surface area contributed by atoms with Crippen LogP contribution in [0.25, 0.3) is 0 Å². The SMILES string of the molecule is CCC(NCCCO)c1ccc(Cl)c(Cl)c1. The number of benzene rings is 1. The lowest BCUT2D eigenvalue weighted by atomic mass is 10.0. The van der Waals surface area contributed by atoms with E-state index < -0.39 is 0 Å². The molecule has 1 rings (SSSR count). The highest BCUT2D eigenvalue weighted by Crippen LogP contribution is 2.26. The third kappa shape index (κ3) is 3.95. The van der Waals surface area contributed by atoms with E-state index in [1.165, 1.54) is 0 Å². The second-order valence-corrected chi connectivity index (χ2v) is 4.48. The average molecular weight is 262 g/mol. The van der Waals surface area contributed by atoms with Gasteiger partial charge in [-0.1, -0.05) is 36.2 Å². The van der Waals surface area contributed by atoms with Crippen molar-refractivity contribution in [3.05, 3.63) is 33.8 Å². The smallest absolute Gasteiger partial charge is 0.0595 e. The number of aliphatic hydroxyl groups is 1. The lowest BCUT2D eigenvalue weighted by molar-refractivity contribution is 0.283. The monoisotopic (exact) mass is 261 g/mol. The lowest BCUT2D eigenvalue weighted by Crippen LogP contribution is -2.22. The Morgan fingerprint density at radius 1 is 1.31 bits per heavy atom. The first-order valence-electron chi connectivity index (χ1n) is 5.48. The summed E-state index contributed by atoms with van der Waals surface area (Å²) in [4.78, 5) is 0. The molecule has 1 atom stereocenters. The van der Waals surface area contributed by atoms with Gasteiger partial charge in [0.25, 0.3) is 0 Å². The molecular weight excluding hydrogens is 245 g/mol. The van der Waals surface area contributed by atoms with Crippen molar-refractivity contribution in [3.63, 3.8) is 0 Å². The van der Waals surface area contributed by atoms with Gasteiger partial charge in [-0.05, 0) is 37.1 Å². The van der Waals surface area contributed by atoms with Crippen LogP contribution in [0.2, 0.25) is 10.0 Å². The fraction of sp³-hybridized carbons (Fsp3) is 0.500. The van der Waals surface area contributed by atoms with E-state index in [4.69, 9.17) is 28.3 Å². The highest BCUT2D eigenvalue weighted by molar-refractivity contribution is 6.42. The molecule has 0 fully saturated rings. The van der Waals surface area contributed by atoms with Gasteiger partial charge in [-0.15, -0.1) is 0 Å². The molecule has 0 aliphatic rings. The second kappa shape index (κ2) is 7.13. The van der Waals surface area contributed by atoms with Crippen molar-refractivity contribution in [2.45, 2.75) is 25.8 Å². The summed E-state index contributed by atoms with van der Waals surface area (Å²) in [5.41, 5.74) is 1.13. The van der Waals surface area contributed by atoms with E-state index in [1.54, 1.807) is 0 Å². The summed E-state index contributed by atoms with van der Waals surface area (Å²) >= 11 is 11.8. The van der Waals surface area contributed by atoms with Crippen molar-refractivity contribution in [1.82, 2.24) is 5.32 Å². The number of nitrogens with one attached hydrogen (secondary N) is 1. The molecule has 1 aromatic carbocycles. The molecule has 0 spiro atoms. The predicted molar refractivity (Wildman–Crippen MR) is 69.2 cm³/mol. The van der Waals surface area contributed by atoms with Gasteiger partial charge in [-0.25, -0.2) is 0 Å². The Balaban J connectivity index is 2.67. The minimum absolute atomic E-state index is 0.213. The lowest BCUT2D eigenvalue weighted by Gasteiger charge is -2.17. The van der Waals surface area contributed by atoms with Crippen LogP contribution >= 0.6 is 23.2 Å². The molecule has 0 bridgehead atoms. The Hall–Kier alpha value is -0.280. The third-order valence-corrected chi connectivity index (χ3v) is 3.22. The van der Waals surface area contributed by atoms with Gasteiger partial charge >= 0.3 is 0 Å². The average Bonchev–Trinajstić information content (AvgIpc) is 2.29. The molecule has 16 heavy (non-hydrogen) atoms. The minimum atomic E-state index is 0.213. The largest absolute Gasteiger partial charge is 0.396 e. The maximum Gasteiger partial charge on any atom is 0.0595 e. The molecule has 0 aromatic heterocycles. The van der Waals surface area contributed by atoms with Gasteiger partial charge in [-0.2, -0.15) is 0 Å². The molecule has 1 aromatic rings. The Kier molecular flexibility index (Phi) is 6.14. The molecule has 2 nitrogen and oxygen atoms in total. The van der Waals surface area contributed by atoms with Crippen molar-refractivity contribution < 1.29 is 5.11 Å². The Bertz CT molecular complexity index is 331. The normalized spacial score (nSPS) is 12.8. The van der Waals surface area contributed by atoms with Gasteiger partial charge in [0.15, 0.2) is 0 Å². The Morgan fingerprint density at radius 3 is 2.62 bits per heavy atom. The highest BCUT2D eigenvalue weighted by atomic mass is 35.5. The molecule has 0 aliphatic carbocycles. The standard InChI is InChI=1S/C12H17Cl2NO/c1-2-12(15-6-3-7-16)9-4-5-10(13)11(14)8-9/h4-5,8,12,15-16H,2-3,6-7H2,1H3. The fourth-order valence-electron chi connectivity index (χ4n) is 1.58. The van der Waals surface area contributed by atoms with Crippen molar-refractivity contribution in [2.24, 2.45) is 0 Å². The fourth-order valence-corrected chi connectivity index (χ4v) is 1.89. The summed E-state index contributed by atoms with van der Waals surface area (Å²) in [6.07, 6.45) is 1.74. The summed E-state index contributed by atoms with van der Waals surface area (Å²) in [6, 6.07) is 5.95. The molecular formula is C12H17Cl2NO. The zero-order valence-corrected chi connectivity index (χ0v) is 10.9. The summed E-state index contributed by atoms with van der Waals surface area (Å²) in [5, 5.41) is 13.3. The van der Waals surface area contributed by atoms with Crippen LogP contribution in [0.5, 0.6) is 0 Å². The molecule has 2 N–H and O–H groups in total. The van der Waals surface area contributed by atoms with Crippen molar-refractivity contribution in [2.75, 3.05) is 13.2 Å². The number of hydrogen-bond acceptors (Lipinski definition) is 2. The topological polar surface area (TPSA) is 32.3 Å². The summed E-state index contributed by atoms with van der Waals surface area (Å²) in [7, 11) is 0. The van der Waals surface area contributed by atoms with E-state index in [1.807, 2.05) is 18.2 Å². The van der Waals surface area contributed by atoms with Crippen molar-refractivity contribution in [1.29, 1.82) is 0 Å². The van der Waals surface area contributed by atoms with Crippen LogP contribution in [0.1, 0.15) is 31.4 Å². The van der Waals surface area contributed by atoms with Crippen LogP contribution in [-0.2, 0) is 0 Å². The first-order valence-corrected chi connectivity index (χ1v) is 6.23. The zero-order valence-electron chi connectivity index (χ0n) is 9.34. The molecule has 4 heteroatoms. The first kappa shape index (κ1) is 13.8. The van der Waals surface area contributed by atoms with Gasteiger partial charge in [-0.3, -0.25) is 0 Å². The number of aliphatic hydroxyl groups excluding tert-OH is 1. The minimum Gasteiger partial charge on any atom is -0.396 e. The van der Waals surface area contributed by atoms with Crippen LogP contribution in [0.3, 0.4) is 0 Å². The summed E-state index contributed by atoms with van der Waals surface area (Å²) in [6.45, 7) is 3.12. The van der Waals surface area contributed by atoms with Crippen LogP contribution in [-0.4, -0.2) is 18.3 Å². The second-order valence-electron chi connectivity index (χ2n) is 3.67. The molecule has 0 saturated carbocycles. The van der Waals surface area contributed by atoms with E-state index in [0.717, 1.165) is 24.9 Å². The van der Waals surface area contributed by atoms with Gasteiger partial charge < -0.3 is 10.4 Å². The van der Waals surface area contributed by atoms with E-state index in [0.29, 0.717) is 10.0 Å². The first-order chi connectivity index (χ1) is 7.69. The van der Waals surface area contributed by atoms with Gasteiger partial charge in [0.2, 0.25) is 0 Å². The maximum atomic E-state index is 8.72. The molecule has 0 amide bonds. The van der Waals surface area contributed by atoms with E-state index in [9.17, 15) is 0 Å². The van der Waals surface area contributed by atoms with Gasteiger partial charge in [0.1, 0.15) is 0 Å². The molecule has 90 valence electrons. The molecule has 0 heterocycles.